The van der Waals surface area contributed by atoms with E-state index in [1.807, 2.05) is 37.2 Å². The van der Waals surface area contributed by atoms with Crippen LogP contribution in [0.3, 0.4) is 0 Å². The van der Waals surface area contributed by atoms with Crippen LogP contribution in [0.5, 0.6) is 5.75 Å². The van der Waals surface area contributed by atoms with Crippen molar-refractivity contribution in [3.8, 4) is 5.75 Å². The van der Waals surface area contributed by atoms with Crippen LogP contribution in [0.25, 0.3) is 0 Å². The van der Waals surface area contributed by atoms with E-state index in [9.17, 15) is 13.2 Å². The van der Waals surface area contributed by atoms with E-state index in [1.165, 1.54) is 18.4 Å². The van der Waals surface area contributed by atoms with Crippen LogP contribution in [-0.4, -0.2) is 99.0 Å². The third-order valence-corrected chi connectivity index (χ3v) is 11.7. The maximum atomic E-state index is 13.8. The summed E-state index contributed by atoms with van der Waals surface area (Å²) in [5.74, 6) is 0.621. The summed E-state index contributed by atoms with van der Waals surface area (Å²) in [6.45, 7) is 8.92. The fraction of sp³-hybridized carbons (Fsp3) is 0.625. The zero-order valence-electron chi connectivity index (χ0n) is 25.4. The number of carbonyl (C=O) groups is 1. The number of amides is 1. The third-order valence-electron chi connectivity index (χ3n) is 9.42. The zero-order chi connectivity index (χ0) is 29.7. The Morgan fingerprint density at radius 2 is 1.71 bits per heavy atom. The average molecular weight is 599 g/mol. The number of nitrogens with zero attached hydrogens (tertiary/aromatic N) is 4. The van der Waals surface area contributed by atoms with Gasteiger partial charge in [0.05, 0.1) is 18.6 Å². The number of ether oxygens (including phenoxy) is 2. The van der Waals surface area contributed by atoms with Gasteiger partial charge in [0.25, 0.3) is 0 Å². The molecule has 0 aliphatic carbocycles. The number of likely N-dealkylation sites (tertiary alicyclic amines) is 2. The van der Waals surface area contributed by atoms with Crippen LogP contribution >= 0.6 is 0 Å². The number of aromatic nitrogens is 1. The number of carbonyl (C=O) groups excluding carboxylic acids is 1. The Kier molecular flexibility index (Phi) is 9.87. The summed E-state index contributed by atoms with van der Waals surface area (Å²) < 4.78 is 40.5. The molecule has 1 amide bonds. The Hall–Kier alpha value is -2.53. The molecule has 0 N–H and O–H groups in total. The topological polar surface area (TPSA) is 92.3 Å². The van der Waals surface area contributed by atoms with E-state index < -0.39 is 10.0 Å². The van der Waals surface area contributed by atoms with Crippen molar-refractivity contribution in [2.45, 2.75) is 75.1 Å². The van der Waals surface area contributed by atoms with Crippen molar-refractivity contribution < 1.29 is 22.7 Å². The largest absolute Gasteiger partial charge is 0.497 e. The van der Waals surface area contributed by atoms with E-state index in [0.29, 0.717) is 41.4 Å². The number of hydrogen-bond acceptors (Lipinski definition) is 7. The third kappa shape index (κ3) is 6.67. The number of aryl methyl sites for hydroxylation is 2. The second kappa shape index (κ2) is 13.4. The summed E-state index contributed by atoms with van der Waals surface area (Å²) in [6, 6.07) is 7.43. The summed E-state index contributed by atoms with van der Waals surface area (Å²) in [4.78, 5) is 22.4. The van der Waals surface area contributed by atoms with E-state index in [-0.39, 0.29) is 30.6 Å². The molecule has 0 bridgehead atoms. The number of rotatable bonds is 10. The Labute approximate surface area is 251 Å². The summed E-state index contributed by atoms with van der Waals surface area (Å²) in [7, 11) is -2.14. The molecule has 1 aromatic heterocycles. The summed E-state index contributed by atoms with van der Waals surface area (Å²) in [5.41, 5.74) is 2.61. The van der Waals surface area contributed by atoms with Gasteiger partial charge in [0.1, 0.15) is 12.4 Å². The SMILES string of the molecule is COc1cc(C)c(S(=O)(=O)N2CCCCC2COCC(=O)N2CCC(CN3CCCC3)(c3cccnc3)CC2)c(C)c1. The van der Waals surface area contributed by atoms with Crippen LogP contribution in [0.2, 0.25) is 0 Å². The Bertz CT molecular complexity index is 1300. The first kappa shape index (κ1) is 30.9. The van der Waals surface area contributed by atoms with Crippen LogP contribution in [0.15, 0.2) is 41.6 Å². The van der Waals surface area contributed by atoms with Gasteiger partial charge in [-0.15, -0.1) is 0 Å². The number of piperidine rings is 2. The number of benzene rings is 1. The number of pyridine rings is 1. The van der Waals surface area contributed by atoms with Crippen molar-refractivity contribution in [3.05, 3.63) is 53.3 Å². The predicted octanol–water partition coefficient (Wildman–Crippen LogP) is 3.92. The van der Waals surface area contributed by atoms with E-state index in [1.54, 1.807) is 23.5 Å². The van der Waals surface area contributed by atoms with E-state index in [0.717, 1.165) is 51.7 Å². The number of methoxy groups -OCH3 is 1. The van der Waals surface area contributed by atoms with Gasteiger partial charge in [-0.1, -0.05) is 12.5 Å². The van der Waals surface area contributed by atoms with Gasteiger partial charge in [0, 0.05) is 50.0 Å². The minimum Gasteiger partial charge on any atom is -0.497 e. The van der Waals surface area contributed by atoms with Crippen molar-refractivity contribution in [1.82, 2.24) is 19.1 Å². The predicted molar refractivity (Wildman–Crippen MR) is 162 cm³/mol. The normalized spacial score (nSPS) is 21.9. The van der Waals surface area contributed by atoms with Gasteiger partial charge < -0.3 is 19.3 Å². The van der Waals surface area contributed by atoms with E-state index >= 15 is 0 Å². The number of sulfonamides is 1. The van der Waals surface area contributed by atoms with Gasteiger partial charge >= 0.3 is 0 Å². The van der Waals surface area contributed by atoms with Crippen molar-refractivity contribution in [1.29, 1.82) is 0 Å². The lowest BCUT2D eigenvalue weighted by Gasteiger charge is -2.44. The second-order valence-corrected chi connectivity index (χ2v) is 14.1. The van der Waals surface area contributed by atoms with Gasteiger partial charge in [-0.3, -0.25) is 9.78 Å². The highest BCUT2D eigenvalue weighted by molar-refractivity contribution is 7.89. The maximum absolute atomic E-state index is 13.8. The molecule has 1 unspecified atom stereocenters. The molecule has 42 heavy (non-hydrogen) atoms. The van der Waals surface area contributed by atoms with Crippen molar-refractivity contribution in [3.63, 3.8) is 0 Å². The number of hydrogen-bond donors (Lipinski definition) is 0. The van der Waals surface area contributed by atoms with Crippen LogP contribution < -0.4 is 4.74 Å². The first-order valence-electron chi connectivity index (χ1n) is 15.4. The summed E-state index contributed by atoms with van der Waals surface area (Å²) in [6.07, 6.45) is 10.6. The molecular formula is C32H46N4O5S. The van der Waals surface area contributed by atoms with Crippen LogP contribution in [0.1, 0.15) is 61.6 Å². The molecule has 1 atom stereocenters. The molecule has 9 nitrogen and oxygen atoms in total. The Morgan fingerprint density at radius 3 is 2.36 bits per heavy atom. The molecule has 5 rings (SSSR count). The van der Waals surface area contributed by atoms with Crippen LogP contribution in [0.4, 0.5) is 0 Å². The van der Waals surface area contributed by atoms with Crippen LogP contribution in [-0.2, 0) is 25.0 Å². The maximum Gasteiger partial charge on any atom is 0.248 e. The quantitative estimate of drug-likeness (QED) is 0.409. The lowest BCUT2D eigenvalue weighted by atomic mass is 9.73. The highest BCUT2D eigenvalue weighted by Crippen LogP contribution is 2.37. The lowest BCUT2D eigenvalue weighted by molar-refractivity contribution is -0.138. The monoisotopic (exact) mass is 598 g/mol. The van der Waals surface area contributed by atoms with E-state index in [4.69, 9.17) is 9.47 Å². The standard InChI is InChI=1S/C32H46N4O5S/c1-25-19-29(40-3)20-26(2)31(25)42(38,39)36-16-5-4-10-28(36)22-41-23-30(37)35-17-11-32(12-18-35,24-34-14-6-7-15-34)27-9-8-13-33-21-27/h8-9,13,19-21,28H,4-7,10-12,14-18,22-24H2,1-3H3. The average Bonchev–Trinajstić information content (AvgIpc) is 3.50. The zero-order valence-corrected chi connectivity index (χ0v) is 26.2. The molecule has 1 aromatic carbocycles. The van der Waals surface area contributed by atoms with Gasteiger partial charge in [0.2, 0.25) is 15.9 Å². The fourth-order valence-corrected chi connectivity index (χ4v) is 9.24. The molecule has 230 valence electrons. The highest BCUT2D eigenvalue weighted by Gasteiger charge is 2.40. The molecule has 10 heteroatoms. The van der Waals surface area contributed by atoms with E-state index in [2.05, 4.69) is 16.0 Å². The molecule has 2 aromatic rings. The summed E-state index contributed by atoms with van der Waals surface area (Å²) in [5, 5.41) is 0. The Morgan fingerprint density at radius 1 is 1.02 bits per heavy atom. The molecule has 0 spiro atoms. The van der Waals surface area contributed by atoms with Crippen molar-refractivity contribution in [2.24, 2.45) is 0 Å². The molecular weight excluding hydrogens is 552 g/mol. The molecule has 3 aliphatic rings. The fourth-order valence-electron chi connectivity index (χ4n) is 7.15. The first-order chi connectivity index (χ1) is 20.2. The van der Waals surface area contributed by atoms with Gasteiger partial charge in [-0.25, -0.2) is 8.42 Å². The Balaban J connectivity index is 1.19. The molecule has 3 fully saturated rings. The van der Waals surface area contributed by atoms with Crippen LogP contribution in [0, 0.1) is 13.8 Å². The molecule has 0 radical (unpaired) electrons. The van der Waals surface area contributed by atoms with Gasteiger partial charge in [-0.05, 0) is 100 Å². The minimum atomic E-state index is -3.72. The highest BCUT2D eigenvalue weighted by atomic mass is 32.2. The first-order valence-corrected chi connectivity index (χ1v) is 16.8. The van der Waals surface area contributed by atoms with Crippen molar-refractivity contribution in [2.75, 3.05) is 59.6 Å². The van der Waals surface area contributed by atoms with Crippen molar-refractivity contribution >= 4 is 15.9 Å². The lowest BCUT2D eigenvalue weighted by Crippen LogP contribution is -2.51. The molecule has 0 saturated carbocycles. The molecule has 3 aliphatic heterocycles. The smallest absolute Gasteiger partial charge is 0.248 e. The van der Waals surface area contributed by atoms with Gasteiger partial charge in [-0.2, -0.15) is 4.31 Å². The minimum absolute atomic E-state index is 0.00487. The second-order valence-electron chi connectivity index (χ2n) is 12.3. The summed E-state index contributed by atoms with van der Waals surface area (Å²) >= 11 is 0. The molecule has 3 saturated heterocycles. The molecule has 4 heterocycles. The van der Waals surface area contributed by atoms with Gasteiger partial charge in [0.15, 0.2) is 0 Å².